The summed E-state index contributed by atoms with van der Waals surface area (Å²) in [5.41, 5.74) is 0. The van der Waals surface area contributed by atoms with E-state index in [-0.39, 0.29) is 0 Å². The van der Waals surface area contributed by atoms with E-state index >= 15 is 0 Å². The zero-order valence-corrected chi connectivity index (χ0v) is 10.6. The second-order valence-electron chi connectivity index (χ2n) is 6.20. The van der Waals surface area contributed by atoms with Crippen molar-refractivity contribution in [1.82, 2.24) is 0 Å². The van der Waals surface area contributed by atoms with Crippen LogP contribution in [0.3, 0.4) is 0 Å². The predicted molar refractivity (Wildman–Crippen MR) is 62.6 cm³/mol. The summed E-state index contributed by atoms with van der Waals surface area (Å²) in [6.07, 6.45) is 3.44. The Morgan fingerprint density at radius 1 is 0.824 bits per heavy atom. The molecule has 4 unspecified atom stereocenters. The van der Waals surface area contributed by atoms with Crippen molar-refractivity contribution in [2.24, 2.45) is 23.7 Å². The molecule has 0 aromatic rings. The molecule has 0 spiro atoms. The molecule has 3 heteroatoms. The van der Waals surface area contributed by atoms with Crippen LogP contribution in [0.15, 0.2) is 0 Å². The van der Waals surface area contributed by atoms with E-state index < -0.39 is 12.1 Å². The van der Waals surface area contributed by atoms with Crippen molar-refractivity contribution >= 4 is 0 Å². The Kier molecular flexibility index (Phi) is 4.04. The lowest BCUT2D eigenvalue weighted by Gasteiger charge is -2.38. The van der Waals surface area contributed by atoms with E-state index in [1.807, 2.05) is 0 Å². The van der Waals surface area contributed by atoms with Crippen LogP contribution in [0.4, 0.5) is 13.2 Å². The fraction of sp³-hybridized carbons (Fsp3) is 1.00. The van der Waals surface area contributed by atoms with Gasteiger partial charge in [-0.3, -0.25) is 0 Å². The number of hydrogen-bond acceptors (Lipinski definition) is 0. The van der Waals surface area contributed by atoms with Gasteiger partial charge in [-0.05, 0) is 37.0 Å². The first-order valence-electron chi connectivity index (χ1n) is 7.03. The molecule has 0 radical (unpaired) electrons. The van der Waals surface area contributed by atoms with Crippen LogP contribution in [0.25, 0.3) is 0 Å². The van der Waals surface area contributed by atoms with Crippen molar-refractivity contribution < 1.29 is 13.2 Å². The molecule has 2 aliphatic rings. The van der Waals surface area contributed by atoms with Crippen LogP contribution in [0.1, 0.15) is 58.3 Å². The lowest BCUT2D eigenvalue weighted by molar-refractivity contribution is -0.187. The summed E-state index contributed by atoms with van der Waals surface area (Å²) in [7, 11) is 0. The molecule has 0 aromatic carbocycles. The maximum absolute atomic E-state index is 12.8. The highest BCUT2D eigenvalue weighted by Crippen LogP contribution is 2.46. The van der Waals surface area contributed by atoms with Crippen molar-refractivity contribution in [2.45, 2.75) is 64.5 Å². The van der Waals surface area contributed by atoms with Crippen molar-refractivity contribution in [3.05, 3.63) is 0 Å². The van der Waals surface area contributed by atoms with Crippen LogP contribution in [-0.4, -0.2) is 6.18 Å². The number of rotatable bonds is 1. The highest BCUT2D eigenvalue weighted by molar-refractivity contribution is 4.84. The summed E-state index contributed by atoms with van der Waals surface area (Å²) in [5, 5.41) is 0. The molecule has 0 saturated heterocycles. The minimum Gasteiger partial charge on any atom is -0.171 e. The van der Waals surface area contributed by atoms with E-state index in [1.54, 1.807) is 0 Å². The summed E-state index contributed by atoms with van der Waals surface area (Å²) < 4.78 is 38.3. The van der Waals surface area contributed by atoms with Crippen molar-refractivity contribution in [2.75, 3.05) is 0 Å². The minimum atomic E-state index is -3.96. The van der Waals surface area contributed by atoms with Gasteiger partial charge in [0.2, 0.25) is 0 Å². The van der Waals surface area contributed by atoms with E-state index in [0.717, 1.165) is 25.2 Å². The minimum absolute atomic E-state index is 0.345. The maximum atomic E-state index is 12.8. The van der Waals surface area contributed by atoms with Gasteiger partial charge in [0.25, 0.3) is 0 Å². The first kappa shape index (κ1) is 13.2. The first-order valence-corrected chi connectivity index (χ1v) is 7.03. The van der Waals surface area contributed by atoms with E-state index in [4.69, 9.17) is 0 Å². The SMILES string of the molecule is CC1CCCC(C2CCCC(C(F)(F)F)C2)C1. The molecule has 0 aromatic heterocycles. The second-order valence-corrected chi connectivity index (χ2v) is 6.20. The van der Waals surface area contributed by atoms with Gasteiger partial charge in [0.1, 0.15) is 0 Å². The third kappa shape index (κ3) is 3.38. The summed E-state index contributed by atoms with van der Waals surface area (Å²) in [6.45, 7) is 2.25. The van der Waals surface area contributed by atoms with Gasteiger partial charge >= 0.3 is 6.18 Å². The molecule has 2 rings (SSSR count). The van der Waals surface area contributed by atoms with E-state index in [9.17, 15) is 13.2 Å². The zero-order valence-electron chi connectivity index (χ0n) is 10.6. The summed E-state index contributed by atoms with van der Waals surface area (Å²) in [5.74, 6) is 0.625. The van der Waals surface area contributed by atoms with Gasteiger partial charge in [-0.1, -0.05) is 39.0 Å². The third-order valence-electron chi connectivity index (χ3n) is 4.82. The van der Waals surface area contributed by atoms with Crippen LogP contribution in [0, 0.1) is 23.7 Å². The van der Waals surface area contributed by atoms with Crippen molar-refractivity contribution in [3.8, 4) is 0 Å². The Morgan fingerprint density at radius 3 is 2.00 bits per heavy atom. The molecule has 4 atom stereocenters. The Morgan fingerprint density at radius 2 is 1.41 bits per heavy atom. The zero-order chi connectivity index (χ0) is 12.5. The van der Waals surface area contributed by atoms with Gasteiger partial charge in [-0.15, -0.1) is 0 Å². The molecule has 2 fully saturated rings. The van der Waals surface area contributed by atoms with Gasteiger partial charge < -0.3 is 0 Å². The molecule has 2 aliphatic carbocycles. The summed E-state index contributed by atoms with van der Waals surface area (Å²) in [6, 6.07) is 0. The van der Waals surface area contributed by atoms with Crippen molar-refractivity contribution in [1.29, 1.82) is 0 Å². The largest absolute Gasteiger partial charge is 0.391 e. The molecule has 0 heterocycles. The number of halogens is 3. The van der Waals surface area contributed by atoms with E-state index in [1.165, 1.54) is 19.3 Å². The Bertz CT molecular complexity index is 246. The third-order valence-corrected chi connectivity index (χ3v) is 4.82. The summed E-state index contributed by atoms with van der Waals surface area (Å²) in [4.78, 5) is 0. The fourth-order valence-electron chi connectivity index (χ4n) is 3.86. The summed E-state index contributed by atoms with van der Waals surface area (Å²) >= 11 is 0. The molecule has 0 aliphatic heterocycles. The maximum Gasteiger partial charge on any atom is 0.391 e. The molecular weight excluding hydrogens is 225 g/mol. The average molecular weight is 248 g/mol. The van der Waals surface area contributed by atoms with Gasteiger partial charge in [-0.2, -0.15) is 13.2 Å². The molecule has 0 bridgehead atoms. The molecule has 0 nitrogen and oxygen atoms in total. The average Bonchev–Trinajstić information content (AvgIpc) is 2.28. The number of alkyl halides is 3. The van der Waals surface area contributed by atoms with Crippen LogP contribution in [-0.2, 0) is 0 Å². The second kappa shape index (κ2) is 5.19. The highest BCUT2D eigenvalue weighted by Gasteiger charge is 2.43. The molecule has 0 N–H and O–H groups in total. The van der Waals surface area contributed by atoms with Gasteiger partial charge in [0.15, 0.2) is 0 Å². The quantitative estimate of drug-likeness (QED) is 0.599. The van der Waals surface area contributed by atoms with Gasteiger partial charge in [0.05, 0.1) is 5.92 Å². The van der Waals surface area contributed by atoms with Gasteiger partial charge in [0, 0.05) is 0 Å². The highest BCUT2D eigenvalue weighted by atomic mass is 19.4. The first-order chi connectivity index (χ1) is 7.97. The van der Waals surface area contributed by atoms with E-state index in [0.29, 0.717) is 24.7 Å². The lowest BCUT2D eigenvalue weighted by atomic mass is 9.68. The van der Waals surface area contributed by atoms with Crippen molar-refractivity contribution in [3.63, 3.8) is 0 Å². The van der Waals surface area contributed by atoms with Crippen LogP contribution >= 0.6 is 0 Å². The topological polar surface area (TPSA) is 0 Å². The number of hydrogen-bond donors (Lipinski definition) is 0. The molecule has 2 saturated carbocycles. The molecular formula is C14H23F3. The van der Waals surface area contributed by atoms with Gasteiger partial charge in [-0.25, -0.2) is 0 Å². The van der Waals surface area contributed by atoms with Crippen LogP contribution < -0.4 is 0 Å². The van der Waals surface area contributed by atoms with Crippen LogP contribution in [0.5, 0.6) is 0 Å². The predicted octanol–water partition coefficient (Wildman–Crippen LogP) is 5.18. The standard InChI is InChI=1S/C14H23F3/c1-10-4-2-5-11(8-10)12-6-3-7-13(9-12)14(15,16)17/h10-13H,2-9H2,1H3. The lowest BCUT2D eigenvalue weighted by Crippen LogP contribution is -2.33. The fourth-order valence-corrected chi connectivity index (χ4v) is 3.86. The Hall–Kier alpha value is -0.210. The normalized spacial score (nSPS) is 40.2. The smallest absolute Gasteiger partial charge is 0.171 e. The monoisotopic (exact) mass is 248 g/mol. The molecule has 100 valence electrons. The van der Waals surface area contributed by atoms with Crippen LogP contribution in [0.2, 0.25) is 0 Å². The Labute approximate surface area is 102 Å². The molecule has 0 amide bonds. The Balaban J connectivity index is 1.92. The van der Waals surface area contributed by atoms with E-state index in [2.05, 4.69) is 6.92 Å². The molecule has 17 heavy (non-hydrogen) atoms.